The molecule has 2 rings (SSSR count). The molecule has 0 spiro atoms. The van der Waals surface area contributed by atoms with Gasteiger partial charge in [-0.05, 0) is 30.3 Å². The number of halogens is 1. The van der Waals surface area contributed by atoms with Crippen LogP contribution in [0.4, 0.5) is 0 Å². The van der Waals surface area contributed by atoms with Gasteiger partial charge in [0.15, 0.2) is 0 Å². The summed E-state index contributed by atoms with van der Waals surface area (Å²) in [7, 11) is 2.96. The van der Waals surface area contributed by atoms with Crippen molar-refractivity contribution in [1.82, 2.24) is 0 Å². The van der Waals surface area contributed by atoms with Crippen molar-refractivity contribution in [1.29, 1.82) is 0 Å². The molecule has 0 aliphatic carbocycles. The molecule has 2 aromatic rings. The summed E-state index contributed by atoms with van der Waals surface area (Å²) in [6.07, 6.45) is 0. The van der Waals surface area contributed by atoms with Crippen LogP contribution in [0.15, 0.2) is 52.3 Å². The SMILES string of the molecule is COC(=O)c1cccc(Cl)c1Sc1cccc(OC)c1. The van der Waals surface area contributed by atoms with Crippen molar-refractivity contribution in [2.24, 2.45) is 0 Å². The lowest BCUT2D eigenvalue weighted by molar-refractivity contribution is 0.0597. The van der Waals surface area contributed by atoms with Gasteiger partial charge in [-0.3, -0.25) is 0 Å². The molecule has 0 unspecified atom stereocenters. The van der Waals surface area contributed by atoms with E-state index in [2.05, 4.69) is 0 Å². The molecule has 0 amide bonds. The molecule has 0 saturated heterocycles. The Hall–Kier alpha value is -1.65. The van der Waals surface area contributed by atoms with Crippen LogP contribution >= 0.6 is 23.4 Å². The minimum Gasteiger partial charge on any atom is -0.497 e. The van der Waals surface area contributed by atoms with Crippen molar-refractivity contribution in [3.05, 3.63) is 53.1 Å². The van der Waals surface area contributed by atoms with E-state index in [1.54, 1.807) is 25.3 Å². The van der Waals surface area contributed by atoms with Crippen molar-refractivity contribution < 1.29 is 14.3 Å². The molecule has 3 nitrogen and oxygen atoms in total. The average Bonchev–Trinajstić information content (AvgIpc) is 2.48. The maximum absolute atomic E-state index is 11.8. The van der Waals surface area contributed by atoms with E-state index in [-0.39, 0.29) is 0 Å². The summed E-state index contributed by atoms with van der Waals surface area (Å²) in [6, 6.07) is 12.7. The minimum absolute atomic E-state index is 0.405. The summed E-state index contributed by atoms with van der Waals surface area (Å²) in [5.74, 6) is 0.347. The molecule has 0 radical (unpaired) electrons. The normalized spacial score (nSPS) is 10.2. The Balaban J connectivity index is 2.39. The molecule has 2 aromatic carbocycles. The Morgan fingerprint density at radius 1 is 1.15 bits per heavy atom. The molecule has 0 heterocycles. The first-order valence-electron chi connectivity index (χ1n) is 5.84. The fraction of sp³-hybridized carbons (Fsp3) is 0.133. The second-order valence-electron chi connectivity index (χ2n) is 3.89. The number of carbonyl (C=O) groups is 1. The van der Waals surface area contributed by atoms with Crippen LogP contribution in [0, 0.1) is 0 Å². The highest BCUT2D eigenvalue weighted by atomic mass is 35.5. The quantitative estimate of drug-likeness (QED) is 0.790. The number of carbonyl (C=O) groups excluding carboxylic acids is 1. The van der Waals surface area contributed by atoms with E-state index in [1.807, 2.05) is 24.3 Å². The zero-order chi connectivity index (χ0) is 14.5. The Labute approximate surface area is 126 Å². The molecule has 0 aromatic heterocycles. The minimum atomic E-state index is -0.405. The summed E-state index contributed by atoms with van der Waals surface area (Å²) in [4.78, 5) is 13.4. The summed E-state index contributed by atoms with van der Waals surface area (Å²) in [5, 5.41) is 0.515. The molecule has 0 saturated carbocycles. The second-order valence-corrected chi connectivity index (χ2v) is 5.38. The molecule has 0 aliphatic heterocycles. The van der Waals surface area contributed by atoms with Crippen LogP contribution in [-0.2, 0) is 4.74 Å². The fourth-order valence-electron chi connectivity index (χ4n) is 1.67. The number of esters is 1. The van der Waals surface area contributed by atoms with Gasteiger partial charge in [0.2, 0.25) is 0 Å². The zero-order valence-electron chi connectivity index (χ0n) is 11.1. The Bertz CT molecular complexity index is 628. The Morgan fingerprint density at radius 2 is 1.90 bits per heavy atom. The van der Waals surface area contributed by atoms with Gasteiger partial charge in [0.25, 0.3) is 0 Å². The fourth-order valence-corrected chi connectivity index (χ4v) is 2.94. The van der Waals surface area contributed by atoms with Gasteiger partial charge >= 0.3 is 5.97 Å². The summed E-state index contributed by atoms with van der Waals surface area (Å²) >= 11 is 7.60. The lowest BCUT2D eigenvalue weighted by atomic mass is 10.2. The second kappa shape index (κ2) is 6.68. The lowest BCUT2D eigenvalue weighted by Crippen LogP contribution is -2.03. The van der Waals surface area contributed by atoms with Crippen molar-refractivity contribution in [3.8, 4) is 5.75 Å². The van der Waals surface area contributed by atoms with Gasteiger partial charge in [-0.2, -0.15) is 0 Å². The van der Waals surface area contributed by atoms with Gasteiger partial charge in [0, 0.05) is 9.79 Å². The van der Waals surface area contributed by atoms with Crippen molar-refractivity contribution in [3.63, 3.8) is 0 Å². The van der Waals surface area contributed by atoms with E-state index >= 15 is 0 Å². The topological polar surface area (TPSA) is 35.5 Å². The Kier molecular flexibility index (Phi) is 4.93. The molecule has 0 atom stereocenters. The molecule has 104 valence electrons. The lowest BCUT2D eigenvalue weighted by Gasteiger charge is -2.10. The highest BCUT2D eigenvalue weighted by molar-refractivity contribution is 7.99. The van der Waals surface area contributed by atoms with Gasteiger partial charge in [-0.25, -0.2) is 4.79 Å². The van der Waals surface area contributed by atoms with E-state index in [4.69, 9.17) is 21.1 Å². The molecule has 5 heteroatoms. The number of rotatable bonds is 4. The number of benzene rings is 2. The van der Waals surface area contributed by atoms with E-state index in [1.165, 1.54) is 18.9 Å². The highest BCUT2D eigenvalue weighted by Gasteiger charge is 2.15. The van der Waals surface area contributed by atoms with E-state index < -0.39 is 5.97 Å². The number of hydrogen-bond donors (Lipinski definition) is 0. The molecular formula is C15H13ClO3S. The maximum atomic E-state index is 11.8. The average molecular weight is 309 g/mol. The summed E-state index contributed by atoms with van der Waals surface area (Å²) in [5.41, 5.74) is 0.452. The largest absolute Gasteiger partial charge is 0.497 e. The predicted octanol–water partition coefficient (Wildman–Crippen LogP) is 4.29. The highest BCUT2D eigenvalue weighted by Crippen LogP contribution is 2.37. The third kappa shape index (κ3) is 3.26. The molecule has 20 heavy (non-hydrogen) atoms. The van der Waals surface area contributed by atoms with Crippen LogP contribution < -0.4 is 4.74 Å². The first kappa shape index (κ1) is 14.8. The standard InChI is InChI=1S/C15H13ClO3S/c1-18-10-5-3-6-11(9-10)20-14-12(15(17)19-2)7-4-8-13(14)16/h3-9H,1-2H3. The first-order valence-corrected chi connectivity index (χ1v) is 7.04. The predicted molar refractivity (Wildman–Crippen MR) is 79.9 cm³/mol. The zero-order valence-corrected chi connectivity index (χ0v) is 12.6. The van der Waals surface area contributed by atoms with Gasteiger partial charge in [-0.15, -0.1) is 0 Å². The first-order chi connectivity index (χ1) is 9.65. The molecule has 0 fully saturated rings. The number of methoxy groups -OCH3 is 2. The molecule has 0 aliphatic rings. The van der Waals surface area contributed by atoms with Crippen LogP contribution in [0.1, 0.15) is 10.4 Å². The van der Waals surface area contributed by atoms with Gasteiger partial charge in [0.05, 0.1) is 24.8 Å². The number of hydrogen-bond acceptors (Lipinski definition) is 4. The number of ether oxygens (including phenoxy) is 2. The van der Waals surface area contributed by atoms with Crippen LogP contribution in [0.25, 0.3) is 0 Å². The summed E-state index contributed by atoms with van der Waals surface area (Å²) < 4.78 is 9.96. The molecule has 0 N–H and O–H groups in total. The van der Waals surface area contributed by atoms with E-state index in [0.29, 0.717) is 15.5 Å². The summed E-state index contributed by atoms with van der Waals surface area (Å²) in [6.45, 7) is 0. The van der Waals surface area contributed by atoms with Crippen LogP contribution in [0.5, 0.6) is 5.75 Å². The maximum Gasteiger partial charge on any atom is 0.339 e. The third-order valence-electron chi connectivity index (χ3n) is 2.63. The van der Waals surface area contributed by atoms with E-state index in [0.717, 1.165) is 10.6 Å². The van der Waals surface area contributed by atoms with Crippen LogP contribution in [-0.4, -0.2) is 20.2 Å². The van der Waals surface area contributed by atoms with Crippen LogP contribution in [0.2, 0.25) is 5.02 Å². The van der Waals surface area contributed by atoms with Gasteiger partial charge in [0.1, 0.15) is 5.75 Å². The van der Waals surface area contributed by atoms with Crippen molar-refractivity contribution in [2.75, 3.05) is 14.2 Å². The molecule has 0 bridgehead atoms. The Morgan fingerprint density at radius 3 is 2.60 bits per heavy atom. The third-order valence-corrected chi connectivity index (χ3v) is 4.19. The molecular weight excluding hydrogens is 296 g/mol. The van der Waals surface area contributed by atoms with E-state index in [9.17, 15) is 4.79 Å². The van der Waals surface area contributed by atoms with Crippen molar-refractivity contribution >= 4 is 29.3 Å². The van der Waals surface area contributed by atoms with Crippen molar-refractivity contribution in [2.45, 2.75) is 9.79 Å². The van der Waals surface area contributed by atoms with Gasteiger partial charge < -0.3 is 9.47 Å². The monoisotopic (exact) mass is 308 g/mol. The smallest absolute Gasteiger partial charge is 0.339 e. The van der Waals surface area contributed by atoms with Crippen LogP contribution in [0.3, 0.4) is 0 Å². The van der Waals surface area contributed by atoms with Gasteiger partial charge in [-0.1, -0.05) is 35.5 Å².